The van der Waals surface area contributed by atoms with Gasteiger partial charge in [0.2, 0.25) is 0 Å². The Balaban J connectivity index is 2.95. The maximum absolute atomic E-state index is 10.5. The van der Waals surface area contributed by atoms with Crippen LogP contribution in [0.3, 0.4) is 0 Å². The summed E-state index contributed by atoms with van der Waals surface area (Å²) in [5.74, 6) is -0.923. The minimum Gasteiger partial charge on any atom is -0.478 e. The first-order valence-corrected chi connectivity index (χ1v) is 5.36. The summed E-state index contributed by atoms with van der Waals surface area (Å²) < 4.78 is 0. The number of carboxylic acids is 1. The summed E-state index contributed by atoms with van der Waals surface area (Å²) in [6, 6.07) is 7.78. The maximum Gasteiger partial charge on any atom is 0.328 e. The van der Waals surface area contributed by atoms with Crippen LogP contribution in [0.25, 0.3) is 6.08 Å². The molecule has 1 rings (SSSR count). The van der Waals surface area contributed by atoms with E-state index in [-0.39, 0.29) is 0 Å². The molecule has 1 aromatic rings. The molecule has 0 aliphatic rings. The van der Waals surface area contributed by atoms with Gasteiger partial charge >= 0.3 is 5.97 Å². The van der Waals surface area contributed by atoms with Crippen LogP contribution in [0.4, 0.5) is 5.69 Å². The second kappa shape index (κ2) is 5.95. The number of nitrogens with zero attached hydrogens (tertiary/aromatic N) is 1. The summed E-state index contributed by atoms with van der Waals surface area (Å²) in [5.41, 5.74) is 1.99. The van der Waals surface area contributed by atoms with Crippen LogP contribution in [0.15, 0.2) is 30.3 Å². The molecule has 86 valence electrons. The first-order chi connectivity index (χ1) is 7.65. The average Bonchev–Trinajstić information content (AvgIpc) is 2.27. The lowest BCUT2D eigenvalue weighted by Gasteiger charge is -2.20. The van der Waals surface area contributed by atoms with E-state index in [1.807, 2.05) is 31.3 Å². The topological polar surface area (TPSA) is 40.5 Å². The molecule has 0 atom stereocenters. The van der Waals surface area contributed by atoms with Gasteiger partial charge in [-0.15, -0.1) is 0 Å². The minimum atomic E-state index is -0.923. The van der Waals surface area contributed by atoms with Crippen LogP contribution in [0.1, 0.15) is 18.9 Å². The first kappa shape index (κ1) is 12.3. The van der Waals surface area contributed by atoms with Crippen molar-refractivity contribution in [3.63, 3.8) is 0 Å². The Kier molecular flexibility index (Phi) is 4.58. The van der Waals surface area contributed by atoms with E-state index in [1.54, 1.807) is 6.08 Å². The molecule has 0 unspecified atom stereocenters. The van der Waals surface area contributed by atoms with Crippen molar-refractivity contribution in [3.8, 4) is 0 Å². The zero-order valence-corrected chi connectivity index (χ0v) is 9.68. The summed E-state index contributed by atoms with van der Waals surface area (Å²) in [6.07, 6.45) is 3.86. The Hall–Kier alpha value is -1.77. The summed E-state index contributed by atoms with van der Waals surface area (Å²) in [5, 5.41) is 8.61. The fourth-order valence-corrected chi connectivity index (χ4v) is 1.59. The molecule has 3 heteroatoms. The van der Waals surface area contributed by atoms with E-state index >= 15 is 0 Å². The highest BCUT2D eigenvalue weighted by atomic mass is 16.4. The van der Waals surface area contributed by atoms with Crippen LogP contribution in [-0.2, 0) is 4.79 Å². The Morgan fingerprint density at radius 1 is 1.44 bits per heavy atom. The average molecular weight is 219 g/mol. The Bertz CT molecular complexity index is 385. The number of rotatable bonds is 5. The first-order valence-electron chi connectivity index (χ1n) is 5.36. The SMILES string of the molecule is CCCN(C)c1ccccc1/C=C/C(=O)O. The van der Waals surface area contributed by atoms with Gasteiger partial charge < -0.3 is 10.0 Å². The van der Waals surface area contributed by atoms with Crippen LogP contribution in [0.5, 0.6) is 0 Å². The van der Waals surface area contributed by atoms with Gasteiger partial charge in [-0.3, -0.25) is 0 Å². The van der Waals surface area contributed by atoms with Crippen LogP contribution >= 0.6 is 0 Å². The van der Waals surface area contributed by atoms with Gasteiger partial charge in [-0.25, -0.2) is 4.79 Å². The van der Waals surface area contributed by atoms with Gasteiger partial charge in [-0.2, -0.15) is 0 Å². The second-order valence-electron chi connectivity index (χ2n) is 3.65. The van der Waals surface area contributed by atoms with Gasteiger partial charge in [-0.05, 0) is 24.1 Å². The molecule has 16 heavy (non-hydrogen) atoms. The molecule has 0 heterocycles. The summed E-state index contributed by atoms with van der Waals surface area (Å²) in [4.78, 5) is 12.6. The van der Waals surface area contributed by atoms with Crippen molar-refractivity contribution in [2.24, 2.45) is 0 Å². The molecule has 0 spiro atoms. The molecular formula is C13H17NO2. The van der Waals surface area contributed by atoms with Gasteiger partial charge in [0.25, 0.3) is 0 Å². The smallest absolute Gasteiger partial charge is 0.328 e. The lowest BCUT2D eigenvalue weighted by molar-refractivity contribution is -0.131. The monoisotopic (exact) mass is 219 g/mol. The van der Waals surface area contributed by atoms with Crippen molar-refractivity contribution in [1.82, 2.24) is 0 Å². The number of carboxylic acid groups (broad SMARTS) is 1. The normalized spacial score (nSPS) is 10.6. The minimum absolute atomic E-state index is 0.923. The molecule has 0 bridgehead atoms. The number of benzene rings is 1. The lowest BCUT2D eigenvalue weighted by atomic mass is 10.1. The number of aliphatic carboxylic acids is 1. The van der Waals surface area contributed by atoms with E-state index in [0.717, 1.165) is 24.2 Å². The standard InChI is InChI=1S/C13H17NO2/c1-3-10-14(2)12-7-5-4-6-11(12)8-9-13(15)16/h4-9H,3,10H2,1-2H3,(H,15,16)/b9-8+. The molecule has 3 nitrogen and oxygen atoms in total. The van der Waals surface area contributed by atoms with Crippen LogP contribution < -0.4 is 4.90 Å². The van der Waals surface area contributed by atoms with E-state index in [2.05, 4.69) is 11.8 Å². The van der Waals surface area contributed by atoms with Crippen molar-refractivity contribution in [3.05, 3.63) is 35.9 Å². The zero-order chi connectivity index (χ0) is 12.0. The third kappa shape index (κ3) is 3.42. The molecule has 0 amide bonds. The molecule has 0 saturated heterocycles. The second-order valence-corrected chi connectivity index (χ2v) is 3.65. The third-order valence-electron chi connectivity index (χ3n) is 2.31. The molecule has 0 radical (unpaired) electrons. The highest BCUT2D eigenvalue weighted by molar-refractivity contribution is 5.86. The van der Waals surface area contributed by atoms with E-state index in [9.17, 15) is 4.79 Å². The fraction of sp³-hybridized carbons (Fsp3) is 0.308. The van der Waals surface area contributed by atoms with Crippen LogP contribution in [-0.4, -0.2) is 24.7 Å². The Labute approximate surface area is 96.0 Å². The molecule has 0 aliphatic heterocycles. The van der Waals surface area contributed by atoms with Crippen LogP contribution in [0, 0.1) is 0 Å². The molecule has 0 aliphatic carbocycles. The van der Waals surface area contributed by atoms with E-state index in [4.69, 9.17) is 5.11 Å². The predicted molar refractivity (Wildman–Crippen MR) is 66.7 cm³/mol. The molecule has 0 fully saturated rings. The van der Waals surface area contributed by atoms with Gasteiger partial charge in [0.1, 0.15) is 0 Å². The van der Waals surface area contributed by atoms with Crippen LogP contribution in [0.2, 0.25) is 0 Å². The molecule has 0 saturated carbocycles. The number of anilines is 1. The largest absolute Gasteiger partial charge is 0.478 e. The molecule has 1 aromatic carbocycles. The van der Waals surface area contributed by atoms with Crippen molar-refractivity contribution in [2.45, 2.75) is 13.3 Å². The Morgan fingerprint density at radius 2 is 2.12 bits per heavy atom. The molecular weight excluding hydrogens is 202 g/mol. The fourth-order valence-electron chi connectivity index (χ4n) is 1.59. The number of hydrogen-bond acceptors (Lipinski definition) is 2. The summed E-state index contributed by atoms with van der Waals surface area (Å²) in [6.45, 7) is 3.07. The van der Waals surface area contributed by atoms with Gasteiger partial charge in [0.05, 0.1) is 0 Å². The van der Waals surface area contributed by atoms with E-state index in [1.165, 1.54) is 6.08 Å². The van der Waals surface area contributed by atoms with Gasteiger partial charge in [-0.1, -0.05) is 25.1 Å². The van der Waals surface area contributed by atoms with Crippen molar-refractivity contribution >= 4 is 17.7 Å². The molecule has 1 N–H and O–H groups in total. The number of para-hydroxylation sites is 1. The Morgan fingerprint density at radius 3 is 2.75 bits per heavy atom. The third-order valence-corrected chi connectivity index (χ3v) is 2.31. The summed E-state index contributed by atoms with van der Waals surface area (Å²) >= 11 is 0. The van der Waals surface area contributed by atoms with Crippen molar-refractivity contribution in [1.29, 1.82) is 0 Å². The predicted octanol–water partition coefficient (Wildman–Crippen LogP) is 2.63. The van der Waals surface area contributed by atoms with Crippen molar-refractivity contribution < 1.29 is 9.90 Å². The van der Waals surface area contributed by atoms with Gasteiger partial charge in [0.15, 0.2) is 0 Å². The highest BCUT2D eigenvalue weighted by Crippen LogP contribution is 2.20. The highest BCUT2D eigenvalue weighted by Gasteiger charge is 2.03. The van der Waals surface area contributed by atoms with E-state index < -0.39 is 5.97 Å². The van der Waals surface area contributed by atoms with Gasteiger partial charge in [0, 0.05) is 25.4 Å². The quantitative estimate of drug-likeness (QED) is 0.774. The number of carbonyl (C=O) groups is 1. The van der Waals surface area contributed by atoms with E-state index in [0.29, 0.717) is 0 Å². The molecule has 0 aromatic heterocycles. The maximum atomic E-state index is 10.5. The zero-order valence-electron chi connectivity index (χ0n) is 9.68. The lowest BCUT2D eigenvalue weighted by Crippen LogP contribution is -2.18. The van der Waals surface area contributed by atoms with Crippen molar-refractivity contribution in [2.75, 3.05) is 18.5 Å². The summed E-state index contributed by atoms with van der Waals surface area (Å²) in [7, 11) is 2.01. The number of hydrogen-bond donors (Lipinski definition) is 1.